The number of alkyl halides is 1. The molecule has 0 radical (unpaired) electrons. The van der Waals surface area contributed by atoms with Crippen LogP contribution in [0.2, 0.25) is 0 Å². The first-order valence-corrected chi connectivity index (χ1v) is 7.11. The van der Waals surface area contributed by atoms with E-state index in [-0.39, 0.29) is 11.6 Å². The second-order valence-corrected chi connectivity index (χ2v) is 5.15. The maximum Gasteiger partial charge on any atom is 0.270 e. The summed E-state index contributed by atoms with van der Waals surface area (Å²) in [5.41, 5.74) is 0.942. The second-order valence-electron chi connectivity index (χ2n) is 4.78. The van der Waals surface area contributed by atoms with Gasteiger partial charge in [-0.15, -0.1) is 11.6 Å². The number of nitrogens with one attached hydrogen (secondary N) is 1. The van der Waals surface area contributed by atoms with Gasteiger partial charge in [0.2, 0.25) is 0 Å². The van der Waals surface area contributed by atoms with Crippen LogP contribution in [0.5, 0.6) is 0 Å². The molecule has 0 bridgehead atoms. The number of nitrogens with zero attached hydrogens (tertiary/aromatic N) is 1. The predicted octanol–water partition coefficient (Wildman–Crippen LogP) is 3.29. The number of benzene rings is 1. The first kappa shape index (κ1) is 16.4. The number of halogens is 1. The van der Waals surface area contributed by atoms with E-state index in [1.165, 1.54) is 12.1 Å². The van der Waals surface area contributed by atoms with Crippen LogP contribution in [0.3, 0.4) is 0 Å². The Labute approximate surface area is 123 Å². The fraction of sp³-hybridized carbons (Fsp3) is 0.500. The maximum atomic E-state index is 12.0. The second kappa shape index (κ2) is 7.85. The zero-order valence-corrected chi connectivity index (χ0v) is 12.4. The molecule has 0 aliphatic rings. The molecule has 6 heteroatoms. The summed E-state index contributed by atoms with van der Waals surface area (Å²) in [4.78, 5) is 22.3. The van der Waals surface area contributed by atoms with Crippen molar-refractivity contribution in [2.45, 2.75) is 26.7 Å². The first-order chi connectivity index (χ1) is 9.47. The largest absolute Gasteiger partial charge is 0.352 e. The molecule has 1 aromatic carbocycles. The van der Waals surface area contributed by atoms with Crippen molar-refractivity contribution in [1.82, 2.24) is 5.32 Å². The van der Waals surface area contributed by atoms with Crippen LogP contribution in [0.25, 0.3) is 0 Å². The number of carbonyl (C=O) groups is 1. The van der Waals surface area contributed by atoms with Crippen LogP contribution in [0.1, 0.15) is 35.7 Å². The Hall–Kier alpha value is -1.62. The summed E-state index contributed by atoms with van der Waals surface area (Å²) in [7, 11) is 0. The van der Waals surface area contributed by atoms with E-state index in [2.05, 4.69) is 5.32 Å². The summed E-state index contributed by atoms with van der Waals surface area (Å²) in [5, 5.41) is 13.6. The van der Waals surface area contributed by atoms with Gasteiger partial charge >= 0.3 is 0 Å². The van der Waals surface area contributed by atoms with Gasteiger partial charge < -0.3 is 5.32 Å². The Morgan fingerprint density at radius 1 is 1.45 bits per heavy atom. The monoisotopic (exact) mass is 298 g/mol. The van der Waals surface area contributed by atoms with Crippen molar-refractivity contribution >= 4 is 23.2 Å². The summed E-state index contributed by atoms with van der Waals surface area (Å²) in [6, 6.07) is 4.38. The predicted molar refractivity (Wildman–Crippen MR) is 79.3 cm³/mol. The Morgan fingerprint density at radius 2 is 2.15 bits per heavy atom. The molecule has 1 atom stereocenters. The lowest BCUT2D eigenvalue weighted by molar-refractivity contribution is -0.384. The van der Waals surface area contributed by atoms with E-state index in [9.17, 15) is 14.9 Å². The molecule has 0 aliphatic heterocycles. The number of non-ortho nitro benzene ring substituents is 1. The van der Waals surface area contributed by atoms with E-state index in [1.54, 1.807) is 13.0 Å². The van der Waals surface area contributed by atoms with Crippen molar-refractivity contribution in [1.29, 1.82) is 0 Å². The van der Waals surface area contributed by atoms with Gasteiger partial charge in [-0.25, -0.2) is 0 Å². The topological polar surface area (TPSA) is 72.2 Å². The van der Waals surface area contributed by atoms with Crippen LogP contribution in [0.15, 0.2) is 18.2 Å². The van der Waals surface area contributed by atoms with Gasteiger partial charge in [0.1, 0.15) is 0 Å². The van der Waals surface area contributed by atoms with E-state index in [0.717, 1.165) is 12.8 Å². The highest BCUT2D eigenvalue weighted by molar-refractivity contribution is 6.17. The molecule has 0 saturated heterocycles. The average molecular weight is 299 g/mol. The van der Waals surface area contributed by atoms with E-state index in [1.807, 2.05) is 6.92 Å². The minimum Gasteiger partial charge on any atom is -0.352 e. The molecule has 1 N–H and O–H groups in total. The molecule has 110 valence electrons. The number of carbonyl (C=O) groups excluding carboxylic acids is 1. The summed E-state index contributed by atoms with van der Waals surface area (Å²) in [6.45, 7) is 4.30. The van der Waals surface area contributed by atoms with Gasteiger partial charge in [-0.3, -0.25) is 14.9 Å². The van der Waals surface area contributed by atoms with Crippen molar-refractivity contribution in [2.75, 3.05) is 12.4 Å². The molecule has 1 amide bonds. The van der Waals surface area contributed by atoms with E-state index in [4.69, 9.17) is 11.6 Å². The number of amides is 1. The molecule has 1 rings (SSSR count). The SMILES string of the molecule is CCC(CCCl)CNC(=O)c1cc(C)cc([N+](=O)[O-])c1. The van der Waals surface area contributed by atoms with Crippen molar-refractivity contribution in [3.05, 3.63) is 39.4 Å². The van der Waals surface area contributed by atoms with Crippen molar-refractivity contribution in [3.8, 4) is 0 Å². The fourth-order valence-corrected chi connectivity index (χ4v) is 2.25. The number of nitro groups is 1. The molecule has 0 aliphatic carbocycles. The zero-order valence-electron chi connectivity index (χ0n) is 11.7. The van der Waals surface area contributed by atoms with Crippen LogP contribution in [-0.2, 0) is 0 Å². The molecule has 1 aromatic rings. The van der Waals surface area contributed by atoms with Crippen LogP contribution < -0.4 is 5.32 Å². The third-order valence-electron chi connectivity index (χ3n) is 3.18. The smallest absolute Gasteiger partial charge is 0.270 e. The summed E-state index contributed by atoms with van der Waals surface area (Å²) in [6.07, 6.45) is 1.77. The van der Waals surface area contributed by atoms with Gasteiger partial charge in [-0.1, -0.05) is 13.3 Å². The zero-order chi connectivity index (χ0) is 15.1. The van der Waals surface area contributed by atoms with E-state index >= 15 is 0 Å². The maximum absolute atomic E-state index is 12.0. The molecule has 0 fully saturated rings. The normalized spacial score (nSPS) is 11.9. The molecule has 0 spiro atoms. The number of rotatable bonds is 7. The fourth-order valence-electron chi connectivity index (χ4n) is 1.94. The molecule has 0 aromatic heterocycles. The number of hydrogen-bond acceptors (Lipinski definition) is 3. The quantitative estimate of drug-likeness (QED) is 0.477. The van der Waals surface area contributed by atoms with Gasteiger partial charge in [0.05, 0.1) is 4.92 Å². The number of hydrogen-bond donors (Lipinski definition) is 1. The van der Waals surface area contributed by atoms with Gasteiger partial charge in [-0.05, 0) is 30.9 Å². The molecule has 1 unspecified atom stereocenters. The van der Waals surface area contributed by atoms with Crippen molar-refractivity contribution in [2.24, 2.45) is 5.92 Å². The first-order valence-electron chi connectivity index (χ1n) is 6.58. The van der Waals surface area contributed by atoms with E-state index in [0.29, 0.717) is 29.5 Å². The van der Waals surface area contributed by atoms with Crippen molar-refractivity contribution < 1.29 is 9.72 Å². The van der Waals surface area contributed by atoms with Crippen LogP contribution in [0.4, 0.5) is 5.69 Å². The van der Waals surface area contributed by atoms with Crippen LogP contribution in [0, 0.1) is 23.0 Å². The van der Waals surface area contributed by atoms with Gasteiger partial charge in [0.25, 0.3) is 11.6 Å². The Kier molecular flexibility index (Phi) is 6.45. The summed E-state index contributed by atoms with van der Waals surface area (Å²) in [5.74, 6) is 0.602. The van der Waals surface area contributed by atoms with Crippen LogP contribution in [-0.4, -0.2) is 23.3 Å². The molecule has 20 heavy (non-hydrogen) atoms. The minimum absolute atomic E-state index is 0.0667. The molecule has 0 heterocycles. The summed E-state index contributed by atoms with van der Waals surface area (Å²) >= 11 is 5.70. The lowest BCUT2D eigenvalue weighted by Crippen LogP contribution is -2.29. The standard InChI is InChI=1S/C14H19ClN2O3/c1-3-11(4-5-15)9-16-14(18)12-6-10(2)7-13(8-12)17(19)20/h6-8,11H,3-5,9H2,1-2H3,(H,16,18). The lowest BCUT2D eigenvalue weighted by Gasteiger charge is -2.14. The van der Waals surface area contributed by atoms with Gasteiger partial charge in [-0.2, -0.15) is 0 Å². The molecular formula is C14H19ClN2O3. The van der Waals surface area contributed by atoms with Crippen LogP contribution >= 0.6 is 11.6 Å². The minimum atomic E-state index is -0.494. The summed E-state index contributed by atoms with van der Waals surface area (Å²) < 4.78 is 0. The number of aryl methyl sites for hydroxylation is 1. The van der Waals surface area contributed by atoms with Gasteiger partial charge in [0, 0.05) is 30.1 Å². The van der Waals surface area contributed by atoms with Crippen molar-refractivity contribution in [3.63, 3.8) is 0 Å². The Balaban J connectivity index is 2.74. The Morgan fingerprint density at radius 3 is 2.70 bits per heavy atom. The highest BCUT2D eigenvalue weighted by Crippen LogP contribution is 2.17. The molecular weight excluding hydrogens is 280 g/mol. The van der Waals surface area contributed by atoms with Gasteiger partial charge in [0.15, 0.2) is 0 Å². The molecule has 5 nitrogen and oxygen atoms in total. The highest BCUT2D eigenvalue weighted by atomic mass is 35.5. The third kappa shape index (κ3) is 4.81. The highest BCUT2D eigenvalue weighted by Gasteiger charge is 2.14. The molecule has 0 saturated carbocycles. The average Bonchev–Trinajstić information content (AvgIpc) is 2.42. The van der Waals surface area contributed by atoms with E-state index < -0.39 is 4.92 Å². The third-order valence-corrected chi connectivity index (χ3v) is 3.40. The number of nitro benzene ring substituents is 1. The lowest BCUT2D eigenvalue weighted by atomic mass is 10.0. The Bertz CT molecular complexity index is 491.